The number of hydrogen-bond acceptors (Lipinski definition) is 4. The number of nitrogens with one attached hydrogen (secondary N) is 2. The molecule has 0 atom stereocenters. The Morgan fingerprint density at radius 1 is 0.958 bits per heavy atom. The summed E-state index contributed by atoms with van der Waals surface area (Å²) in [6.45, 7) is 4.10. The van der Waals surface area contributed by atoms with Crippen molar-refractivity contribution in [1.82, 2.24) is 20.5 Å². The highest BCUT2D eigenvalue weighted by Gasteiger charge is 2.11. The molecule has 0 radical (unpaired) electrons. The summed E-state index contributed by atoms with van der Waals surface area (Å²) < 4.78 is 13.2. The van der Waals surface area contributed by atoms with Gasteiger partial charge >= 0.3 is 0 Å². The molecule has 0 spiro atoms. The van der Waals surface area contributed by atoms with Crippen LogP contribution >= 0.6 is 0 Å². The van der Waals surface area contributed by atoms with E-state index in [1.54, 1.807) is 6.07 Å². The maximum atomic E-state index is 13.2. The summed E-state index contributed by atoms with van der Waals surface area (Å²) in [5.41, 5.74) is 4.61. The van der Waals surface area contributed by atoms with Crippen molar-refractivity contribution < 1.29 is 4.39 Å². The molecule has 3 aromatic rings. The second-order valence-electron chi connectivity index (χ2n) is 5.82. The van der Waals surface area contributed by atoms with E-state index in [1.807, 2.05) is 6.07 Å². The van der Waals surface area contributed by atoms with E-state index in [9.17, 15) is 4.39 Å². The number of aromatic nitrogens is 3. The van der Waals surface area contributed by atoms with Crippen molar-refractivity contribution >= 4 is 5.69 Å². The predicted molar refractivity (Wildman–Crippen MR) is 92.3 cm³/mol. The van der Waals surface area contributed by atoms with Gasteiger partial charge in [-0.1, -0.05) is 12.1 Å². The van der Waals surface area contributed by atoms with Gasteiger partial charge in [0.15, 0.2) is 0 Å². The first-order valence-electron chi connectivity index (χ1n) is 8.03. The summed E-state index contributed by atoms with van der Waals surface area (Å²) in [6.07, 6.45) is 1.45. The summed E-state index contributed by atoms with van der Waals surface area (Å²) in [6, 6.07) is 13.5. The number of aromatic amines is 1. The summed E-state index contributed by atoms with van der Waals surface area (Å²) in [4.78, 5) is 5.95. The van der Waals surface area contributed by atoms with Crippen molar-refractivity contribution in [3.05, 3.63) is 54.6 Å². The Bertz CT molecular complexity index is 821. The highest BCUT2D eigenvalue weighted by atomic mass is 19.1. The first-order chi connectivity index (χ1) is 11.8. The number of H-pyrrole nitrogens is 1. The average molecular weight is 323 g/mol. The Morgan fingerprint density at radius 2 is 1.75 bits per heavy atom. The van der Waals surface area contributed by atoms with Crippen LogP contribution in [-0.4, -0.2) is 41.4 Å². The van der Waals surface area contributed by atoms with Crippen LogP contribution in [0.15, 0.2) is 48.7 Å². The lowest BCUT2D eigenvalue weighted by molar-refractivity contribution is 0.584. The molecule has 0 aliphatic carbocycles. The van der Waals surface area contributed by atoms with E-state index < -0.39 is 5.95 Å². The van der Waals surface area contributed by atoms with Gasteiger partial charge in [-0.2, -0.15) is 9.49 Å². The lowest BCUT2D eigenvalue weighted by Gasteiger charge is -2.29. The van der Waals surface area contributed by atoms with Gasteiger partial charge in [0, 0.05) is 55.3 Å². The SMILES string of the molecule is Fc1cc(-c2cc(-c3ccc(N4CCNCC4)cc3)n[nH]2)ccn1. The molecule has 122 valence electrons. The van der Waals surface area contributed by atoms with Crippen molar-refractivity contribution in [3.63, 3.8) is 0 Å². The summed E-state index contributed by atoms with van der Waals surface area (Å²) in [5, 5.41) is 10.7. The number of benzene rings is 1. The lowest BCUT2D eigenvalue weighted by atomic mass is 10.1. The van der Waals surface area contributed by atoms with Crippen LogP contribution in [-0.2, 0) is 0 Å². The van der Waals surface area contributed by atoms with Gasteiger partial charge in [-0.05, 0) is 24.3 Å². The number of piperazine rings is 1. The summed E-state index contributed by atoms with van der Waals surface area (Å²) in [7, 11) is 0. The molecule has 2 aromatic heterocycles. The Morgan fingerprint density at radius 3 is 2.50 bits per heavy atom. The smallest absolute Gasteiger partial charge is 0.213 e. The van der Waals surface area contributed by atoms with E-state index in [2.05, 4.69) is 49.7 Å². The molecule has 5 nitrogen and oxygen atoms in total. The van der Waals surface area contributed by atoms with Crippen molar-refractivity contribution in [2.24, 2.45) is 0 Å². The zero-order chi connectivity index (χ0) is 16.4. The molecule has 1 fully saturated rings. The van der Waals surface area contributed by atoms with E-state index in [0.717, 1.165) is 48.7 Å². The monoisotopic (exact) mass is 323 g/mol. The molecule has 1 saturated heterocycles. The molecule has 24 heavy (non-hydrogen) atoms. The van der Waals surface area contributed by atoms with E-state index >= 15 is 0 Å². The molecule has 1 aliphatic rings. The molecule has 0 amide bonds. The standard InChI is InChI=1S/C18H18FN5/c19-18-11-14(5-6-21-18)17-12-16(22-23-17)13-1-3-15(4-2-13)24-9-7-20-8-10-24/h1-6,11-12,20H,7-10H2,(H,22,23). The first kappa shape index (κ1) is 14.8. The predicted octanol–water partition coefficient (Wildman–Crippen LogP) is 2.69. The Kier molecular flexibility index (Phi) is 3.96. The molecule has 2 N–H and O–H groups in total. The number of hydrogen-bond donors (Lipinski definition) is 2. The van der Waals surface area contributed by atoms with Crippen LogP contribution < -0.4 is 10.2 Å². The van der Waals surface area contributed by atoms with Gasteiger partial charge in [0.2, 0.25) is 5.95 Å². The van der Waals surface area contributed by atoms with Crippen molar-refractivity contribution in [2.75, 3.05) is 31.1 Å². The third-order valence-corrected chi connectivity index (χ3v) is 4.26. The molecular formula is C18H18FN5. The number of halogens is 1. The number of pyridine rings is 1. The van der Waals surface area contributed by atoms with Gasteiger partial charge in [0.05, 0.1) is 11.4 Å². The van der Waals surface area contributed by atoms with E-state index in [1.165, 1.54) is 18.0 Å². The van der Waals surface area contributed by atoms with E-state index in [-0.39, 0.29) is 0 Å². The minimum atomic E-state index is -0.496. The lowest BCUT2D eigenvalue weighted by Crippen LogP contribution is -2.43. The number of anilines is 1. The number of nitrogens with zero attached hydrogens (tertiary/aromatic N) is 3. The van der Waals surface area contributed by atoms with Gasteiger partial charge < -0.3 is 10.2 Å². The zero-order valence-corrected chi connectivity index (χ0v) is 13.2. The average Bonchev–Trinajstić information content (AvgIpc) is 3.13. The van der Waals surface area contributed by atoms with Crippen molar-refractivity contribution in [2.45, 2.75) is 0 Å². The third-order valence-electron chi connectivity index (χ3n) is 4.26. The van der Waals surface area contributed by atoms with Crippen LogP contribution in [0.5, 0.6) is 0 Å². The highest BCUT2D eigenvalue weighted by Crippen LogP contribution is 2.26. The van der Waals surface area contributed by atoms with E-state index in [0.29, 0.717) is 0 Å². The minimum absolute atomic E-state index is 0.496. The summed E-state index contributed by atoms with van der Waals surface area (Å²) in [5.74, 6) is -0.496. The van der Waals surface area contributed by atoms with Gasteiger partial charge in [0.25, 0.3) is 0 Å². The second-order valence-corrected chi connectivity index (χ2v) is 5.82. The largest absolute Gasteiger partial charge is 0.369 e. The van der Waals surface area contributed by atoms with Crippen molar-refractivity contribution in [3.8, 4) is 22.5 Å². The fourth-order valence-corrected chi connectivity index (χ4v) is 2.95. The molecule has 1 aromatic carbocycles. The van der Waals surface area contributed by atoms with Crippen molar-refractivity contribution in [1.29, 1.82) is 0 Å². The van der Waals surface area contributed by atoms with Gasteiger partial charge in [0.1, 0.15) is 0 Å². The minimum Gasteiger partial charge on any atom is -0.369 e. The van der Waals surface area contributed by atoms with Gasteiger partial charge in [-0.3, -0.25) is 5.10 Å². The normalized spacial score (nSPS) is 14.8. The Hall–Kier alpha value is -2.73. The van der Waals surface area contributed by atoms with Crippen LogP contribution in [0.25, 0.3) is 22.5 Å². The molecule has 1 aliphatic heterocycles. The Labute approximate surface area is 139 Å². The van der Waals surface area contributed by atoms with Crippen LogP contribution in [0.4, 0.5) is 10.1 Å². The molecule has 4 rings (SSSR count). The van der Waals surface area contributed by atoms with Gasteiger partial charge in [-0.25, -0.2) is 4.98 Å². The molecule has 6 heteroatoms. The maximum absolute atomic E-state index is 13.2. The topological polar surface area (TPSA) is 56.8 Å². The summed E-state index contributed by atoms with van der Waals surface area (Å²) >= 11 is 0. The first-order valence-corrected chi connectivity index (χ1v) is 8.03. The molecular weight excluding hydrogens is 305 g/mol. The van der Waals surface area contributed by atoms with Crippen LogP contribution in [0, 0.1) is 5.95 Å². The highest BCUT2D eigenvalue weighted by molar-refractivity contribution is 5.69. The molecule has 3 heterocycles. The Balaban J connectivity index is 1.56. The molecule has 0 unspecified atom stereocenters. The fraction of sp³-hybridized carbons (Fsp3) is 0.222. The molecule has 0 bridgehead atoms. The zero-order valence-electron chi connectivity index (χ0n) is 13.2. The second kappa shape index (κ2) is 6.41. The van der Waals surface area contributed by atoms with E-state index in [4.69, 9.17) is 0 Å². The van der Waals surface area contributed by atoms with Crippen LogP contribution in [0.2, 0.25) is 0 Å². The maximum Gasteiger partial charge on any atom is 0.213 e. The third kappa shape index (κ3) is 3.00. The quantitative estimate of drug-likeness (QED) is 0.728. The molecule has 0 saturated carbocycles. The number of rotatable bonds is 3. The van der Waals surface area contributed by atoms with Crippen LogP contribution in [0.3, 0.4) is 0 Å². The van der Waals surface area contributed by atoms with Gasteiger partial charge in [-0.15, -0.1) is 0 Å². The fourth-order valence-electron chi connectivity index (χ4n) is 2.95. The van der Waals surface area contributed by atoms with Crippen LogP contribution in [0.1, 0.15) is 0 Å².